The third-order valence-corrected chi connectivity index (χ3v) is 15.2. The summed E-state index contributed by atoms with van der Waals surface area (Å²) in [6, 6.07) is 0. The van der Waals surface area contributed by atoms with E-state index in [1.807, 2.05) is 23.9 Å². The number of rotatable bonds is 45. The van der Waals surface area contributed by atoms with Crippen LogP contribution >= 0.6 is 11.3 Å². The van der Waals surface area contributed by atoms with Crippen molar-refractivity contribution in [3.05, 3.63) is 16.0 Å². The van der Waals surface area contributed by atoms with Crippen molar-refractivity contribution in [2.45, 2.75) is 259 Å². The molecule has 3 amide bonds. The van der Waals surface area contributed by atoms with Crippen molar-refractivity contribution in [2.75, 3.05) is 52.3 Å². The van der Waals surface area contributed by atoms with Crippen LogP contribution in [0.25, 0.3) is 0 Å². The topological polar surface area (TPSA) is 134 Å². The first-order valence-electron chi connectivity index (χ1n) is 29.0. The zero-order valence-corrected chi connectivity index (χ0v) is 46.6. The quantitative estimate of drug-likeness (QED) is 0.0487. The smallest absolute Gasteiger partial charge is 0.308 e. The summed E-state index contributed by atoms with van der Waals surface area (Å²) in [6.45, 7) is 11.8. The van der Waals surface area contributed by atoms with Gasteiger partial charge in [0, 0.05) is 37.4 Å². The zero-order valence-electron chi connectivity index (χ0n) is 45.8. The van der Waals surface area contributed by atoms with Gasteiger partial charge >= 0.3 is 11.9 Å². The highest BCUT2D eigenvalue weighted by molar-refractivity contribution is 7.17. The maximum absolute atomic E-state index is 13.7. The Balaban J connectivity index is 1.87. The highest BCUT2D eigenvalue weighted by Gasteiger charge is 2.30. The van der Waals surface area contributed by atoms with Crippen LogP contribution in [0, 0.1) is 11.8 Å². The summed E-state index contributed by atoms with van der Waals surface area (Å²) in [5, 5.41) is 6.67. The molecule has 1 aromatic rings. The highest BCUT2D eigenvalue weighted by Crippen LogP contribution is 2.38. The lowest BCUT2D eigenvalue weighted by molar-refractivity contribution is -0.150. The average Bonchev–Trinajstić information content (AvgIpc) is 3.70. The maximum Gasteiger partial charge on any atom is 0.308 e. The van der Waals surface area contributed by atoms with Crippen LogP contribution in [0.4, 0.5) is 5.00 Å². The van der Waals surface area contributed by atoms with Crippen molar-refractivity contribution in [2.24, 2.45) is 11.8 Å². The lowest BCUT2D eigenvalue weighted by atomic mass is 9.94. The number of amides is 3. The second-order valence-electron chi connectivity index (χ2n) is 20.7. The molecule has 1 aromatic heterocycles. The number of unbranched alkanes of at least 4 members (excludes halogenated alkanes) is 22. The minimum Gasteiger partial charge on any atom is -0.465 e. The summed E-state index contributed by atoms with van der Waals surface area (Å²) < 4.78 is 11.6. The van der Waals surface area contributed by atoms with Crippen LogP contribution in [0.5, 0.6) is 0 Å². The number of esters is 2. The largest absolute Gasteiger partial charge is 0.465 e. The van der Waals surface area contributed by atoms with Gasteiger partial charge in [-0.15, -0.1) is 11.3 Å². The number of fused-ring (bicyclic) bond motifs is 1. The van der Waals surface area contributed by atoms with Crippen molar-refractivity contribution in [1.82, 2.24) is 15.1 Å². The molecular weight excluding hydrogens is 897 g/mol. The molecule has 1 unspecified atom stereocenters. The first-order valence-corrected chi connectivity index (χ1v) is 29.9. The van der Waals surface area contributed by atoms with Crippen LogP contribution in [0.2, 0.25) is 0 Å². The summed E-state index contributed by atoms with van der Waals surface area (Å²) >= 11 is 1.41. The first-order chi connectivity index (χ1) is 34.1. The molecule has 70 heavy (non-hydrogen) atoms. The number of anilines is 1. The fourth-order valence-electron chi connectivity index (χ4n) is 9.56. The minimum atomic E-state index is -0.201. The molecule has 1 aliphatic rings. The van der Waals surface area contributed by atoms with E-state index in [2.05, 4.69) is 38.3 Å². The van der Waals surface area contributed by atoms with Gasteiger partial charge in [-0.3, -0.25) is 24.0 Å². The molecule has 12 heteroatoms. The van der Waals surface area contributed by atoms with Gasteiger partial charge in [0.1, 0.15) is 5.00 Å². The third kappa shape index (κ3) is 28.9. The Morgan fingerprint density at radius 2 is 1.00 bits per heavy atom. The summed E-state index contributed by atoms with van der Waals surface area (Å²) in [4.78, 5) is 71.6. The Labute approximate surface area is 431 Å². The number of hydrogen-bond acceptors (Lipinski definition) is 9. The van der Waals surface area contributed by atoms with Gasteiger partial charge in [0.15, 0.2) is 0 Å². The Morgan fingerprint density at radius 1 is 0.571 bits per heavy atom. The van der Waals surface area contributed by atoms with Crippen molar-refractivity contribution in [1.29, 1.82) is 0 Å². The van der Waals surface area contributed by atoms with E-state index in [4.69, 9.17) is 9.47 Å². The summed E-state index contributed by atoms with van der Waals surface area (Å²) in [5.74, 6) is -0.377. The third-order valence-electron chi connectivity index (χ3n) is 14.1. The van der Waals surface area contributed by atoms with E-state index < -0.39 is 0 Å². The van der Waals surface area contributed by atoms with Gasteiger partial charge in [0.25, 0.3) is 5.91 Å². The lowest BCUT2D eigenvalue weighted by Gasteiger charge is -2.27. The number of nitrogens with zero attached hydrogens (tertiary/aromatic N) is 2. The Kier molecular flexibility index (Phi) is 37.4. The van der Waals surface area contributed by atoms with Crippen LogP contribution in [-0.2, 0) is 41.6 Å². The van der Waals surface area contributed by atoms with Gasteiger partial charge in [0.2, 0.25) is 11.8 Å². The van der Waals surface area contributed by atoms with Crippen LogP contribution in [0.3, 0.4) is 0 Å². The average molecular weight is 1000 g/mol. The zero-order chi connectivity index (χ0) is 51.0. The molecule has 0 aromatic carbocycles. The Hall–Kier alpha value is -2.99. The molecule has 2 N–H and O–H groups in total. The van der Waals surface area contributed by atoms with Gasteiger partial charge in [-0.25, -0.2) is 0 Å². The normalized spacial score (nSPS) is 12.9. The number of carbonyl (C=O) groups excluding carboxylic acids is 5. The Morgan fingerprint density at radius 3 is 1.47 bits per heavy atom. The molecule has 404 valence electrons. The number of thiophene rings is 1. The fourth-order valence-corrected chi connectivity index (χ4v) is 10.8. The molecule has 2 heterocycles. The predicted molar refractivity (Wildman–Crippen MR) is 292 cm³/mol. The number of likely N-dealkylation sites (N-methyl/N-ethyl adjacent to an activating group) is 1. The summed E-state index contributed by atoms with van der Waals surface area (Å²) in [5.41, 5.74) is 1.44. The van der Waals surface area contributed by atoms with Crippen LogP contribution in [0.1, 0.15) is 267 Å². The molecule has 0 fully saturated rings. The second-order valence-corrected chi connectivity index (χ2v) is 21.9. The van der Waals surface area contributed by atoms with Crippen LogP contribution < -0.4 is 10.6 Å². The molecule has 1 aliphatic heterocycles. The molecule has 0 saturated heterocycles. The van der Waals surface area contributed by atoms with Crippen molar-refractivity contribution < 1.29 is 33.4 Å². The van der Waals surface area contributed by atoms with Gasteiger partial charge in [-0.05, 0) is 90.3 Å². The monoisotopic (exact) mass is 1000 g/mol. The molecule has 0 spiro atoms. The van der Waals surface area contributed by atoms with Crippen molar-refractivity contribution in [3.8, 4) is 0 Å². The number of carbonyl (C=O) groups is 5. The maximum atomic E-state index is 13.7. The molecule has 0 saturated carbocycles. The van der Waals surface area contributed by atoms with E-state index in [-0.39, 0.29) is 41.5 Å². The van der Waals surface area contributed by atoms with Gasteiger partial charge in [-0.2, -0.15) is 0 Å². The van der Waals surface area contributed by atoms with E-state index in [9.17, 15) is 24.0 Å². The summed E-state index contributed by atoms with van der Waals surface area (Å²) in [6.07, 6.45) is 35.9. The van der Waals surface area contributed by atoms with Crippen molar-refractivity contribution >= 4 is 46.0 Å². The molecule has 11 nitrogen and oxygen atoms in total. The minimum absolute atomic E-state index is 0.00389. The number of hydrogen-bond donors (Lipinski definition) is 2. The van der Waals surface area contributed by atoms with E-state index in [0.717, 1.165) is 87.5 Å². The number of nitrogens with one attached hydrogen (secondary N) is 2. The standard InChI is InChI=1S/C58H104N4O7S/c1-7-11-15-19-22-28-36-48(35-27-18-14-10-4)57(66)69-46-34-26-32-40-53(64)62-43-41-50-51(47-62)70-56(54(50)55(65)59-42-44-61(5)6)60-52(63)39-31-25-33-45-68-58(67)49(37-29-23-20-16-12-8-2)38-30-24-21-17-13-9-3/h48-49H,7-47H2,1-6H3,(H,59,65)(H,60,63). The second kappa shape index (κ2) is 41.5. The van der Waals surface area contributed by atoms with Gasteiger partial charge in [-0.1, -0.05) is 169 Å². The molecule has 0 bridgehead atoms. The Bertz CT molecular complexity index is 1530. The lowest BCUT2D eigenvalue weighted by Crippen LogP contribution is -2.36. The predicted octanol–water partition coefficient (Wildman–Crippen LogP) is 14.5. The van der Waals surface area contributed by atoms with E-state index in [1.165, 1.54) is 127 Å². The molecule has 1 atom stereocenters. The van der Waals surface area contributed by atoms with Crippen LogP contribution in [0.15, 0.2) is 0 Å². The van der Waals surface area contributed by atoms with E-state index >= 15 is 0 Å². The molecule has 0 radical (unpaired) electrons. The summed E-state index contributed by atoms with van der Waals surface area (Å²) in [7, 11) is 3.92. The van der Waals surface area contributed by atoms with Gasteiger partial charge < -0.3 is 29.9 Å². The SMILES string of the molecule is CCCCCCCCC(CCCCCC)C(=O)OCCCCCC(=O)N1CCc2c(sc(NC(=O)CCCCCOC(=O)C(CCCCCCCC)CCCCCCCC)c2C(=O)NCCN(C)C)C1. The van der Waals surface area contributed by atoms with Crippen LogP contribution in [-0.4, -0.2) is 86.4 Å². The van der Waals surface area contributed by atoms with Gasteiger partial charge in [0.05, 0.1) is 37.2 Å². The molecular formula is C58H104N4O7S. The highest BCUT2D eigenvalue weighted by atomic mass is 32.1. The van der Waals surface area contributed by atoms with E-state index in [0.29, 0.717) is 82.1 Å². The molecule has 0 aliphatic carbocycles. The van der Waals surface area contributed by atoms with E-state index in [1.54, 1.807) is 0 Å². The number of ether oxygens (including phenoxy) is 2. The fraction of sp³-hybridized carbons (Fsp3) is 0.845. The van der Waals surface area contributed by atoms with Crippen molar-refractivity contribution in [3.63, 3.8) is 0 Å². The first kappa shape index (κ1) is 63.1. The molecule has 2 rings (SSSR count).